The molecule has 0 saturated carbocycles. The molecule has 2 aliphatic carbocycles. The van der Waals surface area contributed by atoms with Crippen molar-refractivity contribution >= 4 is 12.2 Å². The Balaban J connectivity index is 0.974. The van der Waals surface area contributed by atoms with Gasteiger partial charge in [0.05, 0.1) is 12.9 Å². The lowest BCUT2D eigenvalue weighted by Crippen LogP contribution is -2.52. The number of hydrogen-bond acceptors (Lipinski definition) is 5. The van der Waals surface area contributed by atoms with Gasteiger partial charge in [0.25, 0.3) is 0 Å². The molecule has 0 aromatic heterocycles. The predicted molar refractivity (Wildman–Crippen MR) is 126 cm³/mol. The van der Waals surface area contributed by atoms with E-state index in [1.54, 1.807) is 0 Å². The summed E-state index contributed by atoms with van der Waals surface area (Å²) in [5.74, 6) is 2.18. The zero-order valence-corrected chi connectivity index (χ0v) is 18.5. The summed E-state index contributed by atoms with van der Waals surface area (Å²) in [6.07, 6.45) is 11.8. The van der Waals surface area contributed by atoms with Gasteiger partial charge in [0.1, 0.15) is 11.4 Å². The van der Waals surface area contributed by atoms with Gasteiger partial charge < -0.3 is 15.1 Å². The fourth-order valence-corrected chi connectivity index (χ4v) is 5.63. The molecule has 3 aliphatic heterocycles. The largest absolute Gasteiger partial charge is 0.355 e. The standard InChI is InChI=1S/C26H31N5O/c32-24(30-10-8-21(9-11-30)16-20-4-2-1-3-5-20)18-29-12-14-31(15-13-29)25-23-7-6-22-17-26(22,23)28-19-27-25/h1-7,17,19,21H,8-16,18H2,(H,27,28). The molecule has 5 aliphatic rings. The van der Waals surface area contributed by atoms with Gasteiger partial charge in [0, 0.05) is 44.8 Å². The number of nitrogens with one attached hydrogen (secondary N) is 1. The molecule has 166 valence electrons. The number of amides is 1. The van der Waals surface area contributed by atoms with E-state index in [2.05, 4.69) is 73.6 Å². The molecular formula is C26H31N5O. The molecule has 1 aromatic carbocycles. The number of carbonyl (C=O) groups excluding carboxylic acids is 1. The van der Waals surface area contributed by atoms with Crippen LogP contribution in [0, 0.1) is 5.92 Å². The van der Waals surface area contributed by atoms with E-state index in [1.807, 2.05) is 6.34 Å². The minimum Gasteiger partial charge on any atom is -0.355 e. The van der Waals surface area contributed by atoms with Gasteiger partial charge in [-0.25, -0.2) is 0 Å². The van der Waals surface area contributed by atoms with Gasteiger partial charge >= 0.3 is 0 Å². The average molecular weight is 430 g/mol. The Morgan fingerprint density at radius 2 is 1.81 bits per heavy atom. The van der Waals surface area contributed by atoms with Crippen molar-refractivity contribution in [3.63, 3.8) is 0 Å². The van der Waals surface area contributed by atoms with E-state index in [0.29, 0.717) is 18.4 Å². The number of benzene rings is 1. The predicted octanol–water partition coefficient (Wildman–Crippen LogP) is 2.18. The number of likely N-dealkylation sites (tertiary alicyclic amines) is 1. The summed E-state index contributed by atoms with van der Waals surface area (Å²) in [7, 11) is 0. The highest BCUT2D eigenvalue weighted by Crippen LogP contribution is 2.52. The summed E-state index contributed by atoms with van der Waals surface area (Å²) in [5.41, 5.74) is 3.86. The molecule has 1 N–H and O–H groups in total. The van der Waals surface area contributed by atoms with Crippen LogP contribution in [0.15, 0.2) is 70.5 Å². The molecule has 32 heavy (non-hydrogen) atoms. The lowest BCUT2D eigenvalue weighted by Gasteiger charge is -2.40. The maximum Gasteiger partial charge on any atom is 0.236 e. The Morgan fingerprint density at radius 3 is 2.56 bits per heavy atom. The van der Waals surface area contributed by atoms with Crippen LogP contribution in [0.3, 0.4) is 0 Å². The summed E-state index contributed by atoms with van der Waals surface area (Å²) >= 11 is 0. The van der Waals surface area contributed by atoms with E-state index in [1.165, 1.54) is 22.5 Å². The van der Waals surface area contributed by atoms with E-state index >= 15 is 0 Å². The SMILES string of the molecule is O=C(CN1CCN(C2=C3C=CC4=CC43N=CN2)CC1)N1CCC(Cc2ccccc2)CC1. The first-order valence-corrected chi connectivity index (χ1v) is 12.0. The van der Waals surface area contributed by atoms with Gasteiger partial charge in [-0.15, -0.1) is 0 Å². The third-order valence-electron chi connectivity index (χ3n) is 7.67. The number of piperidine rings is 1. The summed E-state index contributed by atoms with van der Waals surface area (Å²) in [4.78, 5) is 24.4. The Hall–Kier alpha value is -2.86. The second-order valence-electron chi connectivity index (χ2n) is 9.64. The van der Waals surface area contributed by atoms with Crippen LogP contribution in [-0.4, -0.2) is 78.3 Å². The Labute approximate surface area is 190 Å². The second kappa shape index (κ2) is 7.93. The fraction of sp³-hybridized carbons (Fsp3) is 0.462. The van der Waals surface area contributed by atoms with Gasteiger partial charge in [-0.3, -0.25) is 14.7 Å². The number of aliphatic imine (C=N–C) groups is 1. The van der Waals surface area contributed by atoms with Crippen molar-refractivity contribution < 1.29 is 4.79 Å². The summed E-state index contributed by atoms with van der Waals surface area (Å²) in [6.45, 7) is 6.06. The van der Waals surface area contributed by atoms with Gasteiger partial charge in [-0.2, -0.15) is 0 Å². The molecular weight excluding hydrogens is 398 g/mol. The number of hydrogen-bond donors (Lipinski definition) is 1. The van der Waals surface area contributed by atoms with Crippen molar-refractivity contribution in [1.29, 1.82) is 0 Å². The molecule has 0 bridgehead atoms. The minimum absolute atomic E-state index is 0.152. The highest BCUT2D eigenvalue weighted by Gasteiger charge is 2.51. The van der Waals surface area contributed by atoms with E-state index in [0.717, 1.165) is 58.5 Å². The van der Waals surface area contributed by atoms with Crippen molar-refractivity contribution in [2.24, 2.45) is 10.9 Å². The molecule has 2 fully saturated rings. The van der Waals surface area contributed by atoms with Gasteiger partial charge in [0.2, 0.25) is 5.91 Å². The van der Waals surface area contributed by atoms with Crippen molar-refractivity contribution in [2.45, 2.75) is 24.8 Å². The molecule has 0 radical (unpaired) electrons. The molecule has 6 heteroatoms. The molecule has 1 amide bonds. The van der Waals surface area contributed by atoms with E-state index in [4.69, 9.17) is 0 Å². The number of carbonyl (C=O) groups is 1. The average Bonchev–Trinajstić information content (AvgIpc) is 3.40. The molecule has 1 unspecified atom stereocenters. The fourth-order valence-electron chi connectivity index (χ4n) is 5.63. The minimum atomic E-state index is -0.152. The molecule has 1 aromatic rings. The van der Waals surface area contributed by atoms with Crippen molar-refractivity contribution in [1.82, 2.24) is 20.0 Å². The first kappa shape index (κ1) is 19.8. The molecule has 6 nitrogen and oxygen atoms in total. The summed E-state index contributed by atoms with van der Waals surface area (Å²) < 4.78 is 0. The topological polar surface area (TPSA) is 51.2 Å². The molecule has 1 atom stereocenters. The highest BCUT2D eigenvalue weighted by atomic mass is 16.2. The van der Waals surface area contributed by atoms with Crippen LogP contribution in [0.1, 0.15) is 18.4 Å². The van der Waals surface area contributed by atoms with Crippen LogP contribution in [-0.2, 0) is 11.2 Å². The second-order valence-corrected chi connectivity index (χ2v) is 9.64. The van der Waals surface area contributed by atoms with E-state index in [-0.39, 0.29) is 5.54 Å². The van der Waals surface area contributed by atoms with Crippen LogP contribution in [0.5, 0.6) is 0 Å². The summed E-state index contributed by atoms with van der Waals surface area (Å²) in [6, 6.07) is 10.7. The number of nitrogens with zero attached hydrogens (tertiary/aromatic N) is 4. The van der Waals surface area contributed by atoms with E-state index < -0.39 is 0 Å². The monoisotopic (exact) mass is 429 g/mol. The quantitative estimate of drug-likeness (QED) is 0.780. The lowest BCUT2D eigenvalue weighted by molar-refractivity contribution is -0.134. The molecule has 2 saturated heterocycles. The Bertz CT molecular complexity index is 1010. The zero-order chi connectivity index (χ0) is 21.5. The van der Waals surface area contributed by atoms with Crippen molar-refractivity contribution in [2.75, 3.05) is 45.8 Å². The van der Waals surface area contributed by atoms with Gasteiger partial charge in [-0.1, -0.05) is 42.5 Å². The van der Waals surface area contributed by atoms with Crippen LogP contribution in [0.2, 0.25) is 0 Å². The first-order valence-electron chi connectivity index (χ1n) is 12.0. The van der Waals surface area contributed by atoms with Gasteiger partial charge in [-0.05, 0) is 42.4 Å². The maximum absolute atomic E-state index is 12.9. The van der Waals surface area contributed by atoms with Crippen LogP contribution >= 0.6 is 0 Å². The molecule has 3 heterocycles. The third-order valence-corrected chi connectivity index (χ3v) is 7.67. The highest BCUT2D eigenvalue weighted by molar-refractivity contribution is 5.79. The smallest absolute Gasteiger partial charge is 0.236 e. The third kappa shape index (κ3) is 3.56. The number of rotatable bonds is 5. The normalized spacial score (nSPS) is 27.2. The molecule has 1 spiro atoms. The van der Waals surface area contributed by atoms with Crippen LogP contribution < -0.4 is 5.32 Å². The molecule has 6 rings (SSSR count). The Morgan fingerprint density at radius 1 is 1.03 bits per heavy atom. The lowest BCUT2D eigenvalue weighted by atomic mass is 9.90. The number of piperazine rings is 1. The van der Waals surface area contributed by atoms with E-state index in [9.17, 15) is 4.79 Å². The Kier molecular flexibility index (Phi) is 4.90. The van der Waals surface area contributed by atoms with Crippen LogP contribution in [0.4, 0.5) is 0 Å². The maximum atomic E-state index is 12.9. The van der Waals surface area contributed by atoms with Crippen molar-refractivity contribution in [3.05, 3.63) is 71.1 Å². The van der Waals surface area contributed by atoms with Crippen molar-refractivity contribution in [3.8, 4) is 0 Å². The zero-order valence-electron chi connectivity index (χ0n) is 18.5. The first-order chi connectivity index (χ1) is 15.7. The summed E-state index contributed by atoms with van der Waals surface area (Å²) in [5, 5.41) is 3.38. The van der Waals surface area contributed by atoms with Gasteiger partial charge in [0.15, 0.2) is 0 Å². The van der Waals surface area contributed by atoms with Crippen LogP contribution in [0.25, 0.3) is 0 Å².